The second-order valence-corrected chi connectivity index (χ2v) is 8.42. The van der Waals surface area contributed by atoms with E-state index in [1.165, 1.54) is 6.07 Å². The predicted molar refractivity (Wildman–Crippen MR) is 132 cm³/mol. The zero-order chi connectivity index (χ0) is 24.2. The Kier molecular flexibility index (Phi) is 6.59. The fourth-order valence-electron chi connectivity index (χ4n) is 4.03. The lowest BCUT2D eigenvalue weighted by Crippen LogP contribution is -2.13. The van der Waals surface area contributed by atoms with E-state index < -0.39 is 22.9 Å². The van der Waals surface area contributed by atoms with Crippen LogP contribution in [0.4, 0.5) is 5.69 Å². The number of carboxylic acid groups (broad SMARTS) is 1. The predicted octanol–water partition coefficient (Wildman–Crippen LogP) is 6.82. The molecule has 0 aliphatic carbocycles. The van der Waals surface area contributed by atoms with Crippen molar-refractivity contribution >= 4 is 22.4 Å². The second kappa shape index (κ2) is 9.75. The summed E-state index contributed by atoms with van der Waals surface area (Å²) >= 11 is 0. The number of rotatable bonds is 8. The molecule has 0 bridgehead atoms. The summed E-state index contributed by atoms with van der Waals surface area (Å²) < 4.78 is 6.24. The smallest absolute Gasteiger partial charge is 0.311 e. The minimum atomic E-state index is -0.951. The maximum absolute atomic E-state index is 12.1. The van der Waals surface area contributed by atoms with Crippen molar-refractivity contribution in [3.05, 3.63) is 106 Å². The van der Waals surface area contributed by atoms with Crippen molar-refractivity contribution in [2.45, 2.75) is 26.4 Å². The van der Waals surface area contributed by atoms with Gasteiger partial charge in [0, 0.05) is 11.6 Å². The summed E-state index contributed by atoms with van der Waals surface area (Å²) in [6, 6.07) is 26.5. The van der Waals surface area contributed by atoms with Gasteiger partial charge in [0.25, 0.3) is 0 Å². The first-order valence-corrected chi connectivity index (χ1v) is 11.1. The van der Waals surface area contributed by atoms with E-state index in [2.05, 4.69) is 0 Å². The van der Waals surface area contributed by atoms with Crippen molar-refractivity contribution in [1.82, 2.24) is 0 Å². The molecule has 4 rings (SSSR count). The van der Waals surface area contributed by atoms with E-state index in [-0.39, 0.29) is 17.9 Å². The first-order valence-electron chi connectivity index (χ1n) is 11.1. The van der Waals surface area contributed by atoms with Gasteiger partial charge in [0.15, 0.2) is 0 Å². The first kappa shape index (κ1) is 23.0. The molecule has 6 heteroatoms. The van der Waals surface area contributed by atoms with Crippen molar-refractivity contribution in [3.63, 3.8) is 0 Å². The van der Waals surface area contributed by atoms with Crippen LogP contribution in [0.25, 0.3) is 21.9 Å². The number of ether oxygens (including phenoxy) is 1. The van der Waals surface area contributed by atoms with Gasteiger partial charge in [-0.25, -0.2) is 0 Å². The van der Waals surface area contributed by atoms with Gasteiger partial charge in [0.2, 0.25) is 5.75 Å². The highest BCUT2D eigenvalue weighted by molar-refractivity contribution is 5.89. The van der Waals surface area contributed by atoms with Crippen LogP contribution < -0.4 is 4.74 Å². The molecule has 0 fully saturated rings. The van der Waals surface area contributed by atoms with E-state index in [9.17, 15) is 20.0 Å². The molecule has 0 saturated heterocycles. The molecule has 2 unspecified atom stereocenters. The SMILES string of the molecule is CC(Cc1cc(-c2ccc3ccccc3c2)c(OC(C)c2ccccc2)c([N+](=O)[O-])c1)C(=O)O. The summed E-state index contributed by atoms with van der Waals surface area (Å²) in [6.07, 6.45) is -0.256. The molecule has 0 amide bonds. The number of nitrogens with zero attached hydrogens (tertiary/aromatic N) is 1. The van der Waals surface area contributed by atoms with Gasteiger partial charge in [-0.05, 0) is 52.9 Å². The van der Waals surface area contributed by atoms with E-state index in [1.54, 1.807) is 6.92 Å². The van der Waals surface area contributed by atoms with Crippen LogP contribution in [0.2, 0.25) is 0 Å². The third kappa shape index (κ3) is 4.91. The quantitative estimate of drug-likeness (QED) is 0.233. The third-order valence-electron chi connectivity index (χ3n) is 5.91. The molecule has 6 nitrogen and oxygen atoms in total. The maximum atomic E-state index is 12.1. The molecule has 34 heavy (non-hydrogen) atoms. The van der Waals surface area contributed by atoms with Gasteiger partial charge in [0.05, 0.1) is 10.8 Å². The van der Waals surface area contributed by atoms with Gasteiger partial charge in [-0.1, -0.05) is 73.7 Å². The maximum Gasteiger partial charge on any atom is 0.311 e. The molecule has 0 saturated carbocycles. The fourth-order valence-corrected chi connectivity index (χ4v) is 4.03. The van der Waals surface area contributed by atoms with Crippen molar-refractivity contribution in [2.24, 2.45) is 5.92 Å². The summed E-state index contributed by atoms with van der Waals surface area (Å²) in [5.41, 5.74) is 2.62. The van der Waals surface area contributed by atoms with Crippen LogP contribution in [0.3, 0.4) is 0 Å². The first-order chi connectivity index (χ1) is 16.3. The number of nitro benzene ring substituents is 1. The van der Waals surface area contributed by atoms with Gasteiger partial charge in [-0.2, -0.15) is 0 Å². The van der Waals surface area contributed by atoms with E-state index in [4.69, 9.17) is 4.74 Å². The Bertz CT molecular complexity index is 1350. The third-order valence-corrected chi connectivity index (χ3v) is 5.91. The summed E-state index contributed by atoms with van der Waals surface area (Å²) in [4.78, 5) is 23.1. The van der Waals surface area contributed by atoms with Crippen LogP contribution in [0, 0.1) is 16.0 Å². The molecule has 172 valence electrons. The van der Waals surface area contributed by atoms with Crippen LogP contribution in [0.5, 0.6) is 5.75 Å². The Hall–Kier alpha value is -4.19. The minimum absolute atomic E-state index is 0.170. The molecule has 0 heterocycles. The lowest BCUT2D eigenvalue weighted by Gasteiger charge is -2.19. The average molecular weight is 456 g/mol. The number of nitro groups is 1. The summed E-state index contributed by atoms with van der Waals surface area (Å²) in [6.45, 7) is 3.44. The lowest BCUT2D eigenvalue weighted by molar-refractivity contribution is -0.386. The number of benzene rings is 4. The molecular formula is C28H25NO5. The molecule has 1 N–H and O–H groups in total. The van der Waals surface area contributed by atoms with Crippen molar-refractivity contribution < 1.29 is 19.6 Å². The standard InChI is InChI=1S/C28H25NO5/c1-18(28(30)31)14-20-15-25(24-13-12-22-10-6-7-11-23(22)17-24)27(26(16-20)29(32)33)34-19(2)21-8-4-3-5-9-21/h3-13,15-19H,14H2,1-2H3,(H,30,31). The van der Waals surface area contributed by atoms with Crippen LogP contribution in [-0.4, -0.2) is 16.0 Å². The molecular weight excluding hydrogens is 430 g/mol. The number of carboxylic acids is 1. The molecule has 4 aromatic rings. The molecule has 0 spiro atoms. The highest BCUT2D eigenvalue weighted by atomic mass is 16.6. The molecule has 0 radical (unpaired) electrons. The van der Waals surface area contributed by atoms with Gasteiger partial charge in [-0.15, -0.1) is 0 Å². The number of hydrogen-bond donors (Lipinski definition) is 1. The normalized spacial score (nSPS) is 12.8. The van der Waals surface area contributed by atoms with Gasteiger partial charge in [0.1, 0.15) is 6.10 Å². The van der Waals surface area contributed by atoms with E-state index in [0.29, 0.717) is 11.1 Å². The van der Waals surface area contributed by atoms with Gasteiger partial charge < -0.3 is 9.84 Å². The number of carbonyl (C=O) groups is 1. The zero-order valence-corrected chi connectivity index (χ0v) is 19.0. The number of fused-ring (bicyclic) bond motifs is 1. The number of aliphatic carboxylic acids is 1. The monoisotopic (exact) mass is 455 g/mol. The molecule has 0 aliphatic rings. The zero-order valence-electron chi connectivity index (χ0n) is 19.0. The molecule has 4 aromatic carbocycles. The summed E-state index contributed by atoms with van der Waals surface area (Å²) in [5, 5.41) is 23.5. The van der Waals surface area contributed by atoms with Crippen LogP contribution in [0.1, 0.15) is 31.1 Å². The van der Waals surface area contributed by atoms with Crippen molar-refractivity contribution in [2.75, 3.05) is 0 Å². The largest absolute Gasteiger partial charge is 0.481 e. The Morgan fingerprint density at radius 1 is 0.941 bits per heavy atom. The Labute approximate surface area is 197 Å². The highest BCUT2D eigenvalue weighted by Gasteiger charge is 2.26. The van der Waals surface area contributed by atoms with Crippen LogP contribution in [-0.2, 0) is 11.2 Å². The van der Waals surface area contributed by atoms with E-state index in [1.807, 2.05) is 85.8 Å². The minimum Gasteiger partial charge on any atom is -0.481 e. The van der Waals surface area contributed by atoms with E-state index >= 15 is 0 Å². The molecule has 2 atom stereocenters. The highest BCUT2D eigenvalue weighted by Crippen LogP contribution is 2.42. The van der Waals surface area contributed by atoms with Crippen LogP contribution >= 0.6 is 0 Å². The van der Waals surface area contributed by atoms with Crippen LogP contribution in [0.15, 0.2) is 84.9 Å². The average Bonchev–Trinajstić information content (AvgIpc) is 2.84. The Morgan fingerprint density at radius 2 is 1.62 bits per heavy atom. The Balaban J connectivity index is 1.89. The van der Waals surface area contributed by atoms with Gasteiger partial charge in [-0.3, -0.25) is 14.9 Å². The topological polar surface area (TPSA) is 89.7 Å². The Morgan fingerprint density at radius 3 is 2.29 bits per heavy atom. The van der Waals surface area contributed by atoms with Crippen molar-refractivity contribution in [1.29, 1.82) is 0 Å². The molecule has 0 aromatic heterocycles. The molecule has 0 aliphatic heterocycles. The van der Waals surface area contributed by atoms with Crippen molar-refractivity contribution in [3.8, 4) is 16.9 Å². The summed E-state index contributed by atoms with van der Waals surface area (Å²) in [5.74, 6) is -1.46. The lowest BCUT2D eigenvalue weighted by atomic mass is 9.94. The van der Waals surface area contributed by atoms with Gasteiger partial charge >= 0.3 is 11.7 Å². The second-order valence-electron chi connectivity index (χ2n) is 8.42. The van der Waals surface area contributed by atoms with E-state index in [0.717, 1.165) is 21.9 Å². The summed E-state index contributed by atoms with van der Waals surface area (Å²) in [7, 11) is 0. The fraction of sp³-hybridized carbons (Fsp3) is 0.179. The number of hydrogen-bond acceptors (Lipinski definition) is 4.